The average molecular weight is 328 g/mol. The maximum atomic E-state index is 11.1. The summed E-state index contributed by atoms with van der Waals surface area (Å²) in [6.07, 6.45) is 22.1. The number of aliphatic hydroxyl groups is 1. The van der Waals surface area contributed by atoms with Gasteiger partial charge < -0.3 is 10.4 Å². The summed E-state index contributed by atoms with van der Waals surface area (Å²) in [6.45, 7) is 2.04. The minimum atomic E-state index is -0.238. The van der Waals surface area contributed by atoms with Crippen LogP contribution in [-0.4, -0.2) is 17.7 Å². The molecule has 0 saturated heterocycles. The molecule has 0 bridgehead atoms. The number of carbonyl (C=O) groups is 1. The van der Waals surface area contributed by atoms with E-state index in [4.69, 9.17) is 5.11 Å². The van der Waals surface area contributed by atoms with Crippen molar-refractivity contribution in [2.24, 2.45) is 0 Å². The van der Waals surface area contributed by atoms with Gasteiger partial charge in [-0.25, -0.2) is 0 Å². The molecule has 0 unspecified atom stereocenters. The predicted molar refractivity (Wildman–Crippen MR) is 99.4 cm³/mol. The zero-order valence-corrected chi connectivity index (χ0v) is 15.6. The first kappa shape index (κ1) is 22.4. The topological polar surface area (TPSA) is 49.3 Å². The van der Waals surface area contributed by atoms with Crippen molar-refractivity contribution in [3.8, 4) is 0 Å². The van der Waals surface area contributed by atoms with Crippen LogP contribution in [0.3, 0.4) is 0 Å². The minimum absolute atomic E-state index is 0.0298. The molecular weight excluding hydrogens is 286 g/mol. The highest BCUT2D eigenvalue weighted by molar-refractivity contribution is 5.75. The number of unbranched alkanes of at least 4 members (excludes halogenated alkanes) is 15. The van der Waals surface area contributed by atoms with Crippen LogP contribution in [0.4, 0.5) is 0 Å². The van der Waals surface area contributed by atoms with Crippen LogP contribution in [-0.2, 0) is 4.79 Å². The Morgan fingerprint density at radius 1 is 0.652 bits per heavy atom. The largest absolute Gasteiger partial charge is 0.377 e. The second-order valence-corrected chi connectivity index (χ2v) is 6.81. The fraction of sp³-hybridized carbons (Fsp3) is 0.950. The van der Waals surface area contributed by atoms with E-state index in [0.717, 1.165) is 12.8 Å². The van der Waals surface area contributed by atoms with Crippen molar-refractivity contribution in [3.63, 3.8) is 0 Å². The first-order valence-corrected chi connectivity index (χ1v) is 10.2. The number of rotatable bonds is 18. The lowest BCUT2D eigenvalue weighted by Gasteiger charge is -2.04. The van der Waals surface area contributed by atoms with Gasteiger partial charge in [0, 0.05) is 6.42 Å². The van der Waals surface area contributed by atoms with E-state index in [1.807, 2.05) is 0 Å². The van der Waals surface area contributed by atoms with Gasteiger partial charge in [0.15, 0.2) is 0 Å². The third-order valence-corrected chi connectivity index (χ3v) is 4.53. The molecule has 0 fully saturated rings. The molecule has 23 heavy (non-hydrogen) atoms. The van der Waals surface area contributed by atoms with E-state index in [2.05, 4.69) is 12.2 Å². The van der Waals surface area contributed by atoms with Crippen LogP contribution in [0.5, 0.6) is 0 Å². The monoisotopic (exact) mass is 327 g/mol. The van der Waals surface area contributed by atoms with Crippen LogP contribution in [0.2, 0.25) is 0 Å². The molecule has 0 aromatic rings. The van der Waals surface area contributed by atoms with Crippen LogP contribution in [0.15, 0.2) is 0 Å². The highest BCUT2D eigenvalue weighted by atomic mass is 16.3. The Balaban J connectivity index is 3.01. The van der Waals surface area contributed by atoms with Crippen molar-refractivity contribution in [3.05, 3.63) is 0 Å². The number of amides is 1. The molecule has 2 N–H and O–H groups in total. The fourth-order valence-corrected chi connectivity index (χ4v) is 3.01. The first-order valence-electron chi connectivity index (χ1n) is 10.2. The van der Waals surface area contributed by atoms with Gasteiger partial charge in [0.05, 0.1) is 0 Å². The van der Waals surface area contributed by atoms with E-state index in [-0.39, 0.29) is 12.6 Å². The molecule has 3 nitrogen and oxygen atoms in total. The molecule has 0 heterocycles. The number of nitrogens with one attached hydrogen (secondary N) is 1. The summed E-state index contributed by atoms with van der Waals surface area (Å²) in [5.41, 5.74) is 0. The molecular formula is C20H41NO2. The molecule has 0 aliphatic heterocycles. The summed E-state index contributed by atoms with van der Waals surface area (Å²) in [6, 6.07) is 0. The van der Waals surface area contributed by atoms with Crippen LogP contribution in [0.25, 0.3) is 0 Å². The minimum Gasteiger partial charge on any atom is -0.377 e. The lowest BCUT2D eigenvalue weighted by Crippen LogP contribution is -2.23. The maximum absolute atomic E-state index is 11.1. The second kappa shape index (κ2) is 19.5. The van der Waals surface area contributed by atoms with E-state index in [1.54, 1.807) is 0 Å². The third kappa shape index (κ3) is 19.4. The van der Waals surface area contributed by atoms with Crippen molar-refractivity contribution in [1.82, 2.24) is 5.32 Å². The smallest absolute Gasteiger partial charge is 0.221 e. The summed E-state index contributed by atoms with van der Waals surface area (Å²) in [4.78, 5) is 11.1. The van der Waals surface area contributed by atoms with Gasteiger partial charge in [0.25, 0.3) is 0 Å². The molecule has 3 heteroatoms. The Morgan fingerprint density at radius 3 is 1.35 bits per heavy atom. The van der Waals surface area contributed by atoms with Gasteiger partial charge in [-0.1, -0.05) is 103 Å². The summed E-state index contributed by atoms with van der Waals surface area (Å²) < 4.78 is 0. The Morgan fingerprint density at radius 2 is 1.00 bits per heavy atom. The lowest BCUT2D eigenvalue weighted by molar-refractivity contribution is -0.122. The van der Waals surface area contributed by atoms with Gasteiger partial charge in [0.2, 0.25) is 5.91 Å². The molecule has 138 valence electrons. The number of carbonyl (C=O) groups excluding carboxylic acids is 1. The van der Waals surface area contributed by atoms with E-state index in [9.17, 15) is 4.79 Å². The summed E-state index contributed by atoms with van der Waals surface area (Å²) in [5, 5.41) is 11.0. The molecule has 0 aliphatic rings. The third-order valence-electron chi connectivity index (χ3n) is 4.53. The zero-order valence-electron chi connectivity index (χ0n) is 15.6. The normalized spacial score (nSPS) is 10.9. The molecule has 1 amide bonds. The van der Waals surface area contributed by atoms with Gasteiger partial charge in [-0.15, -0.1) is 0 Å². The molecule has 0 rings (SSSR count). The average Bonchev–Trinajstić information content (AvgIpc) is 2.54. The van der Waals surface area contributed by atoms with Gasteiger partial charge >= 0.3 is 0 Å². The maximum Gasteiger partial charge on any atom is 0.221 e. The Kier molecular flexibility index (Phi) is 19.0. The van der Waals surface area contributed by atoms with Crippen molar-refractivity contribution >= 4 is 5.91 Å². The van der Waals surface area contributed by atoms with Gasteiger partial charge in [-0.3, -0.25) is 4.79 Å². The van der Waals surface area contributed by atoms with E-state index in [0.29, 0.717) is 6.42 Å². The summed E-state index contributed by atoms with van der Waals surface area (Å²) in [7, 11) is 0. The lowest BCUT2D eigenvalue weighted by atomic mass is 10.0. The first-order chi connectivity index (χ1) is 11.3. The Labute approximate surface area is 144 Å². The predicted octanol–water partition coefficient (Wildman–Crippen LogP) is 5.70. The molecule has 0 atom stereocenters. The Hall–Kier alpha value is -0.570. The fourth-order valence-electron chi connectivity index (χ4n) is 3.01. The van der Waals surface area contributed by atoms with Crippen molar-refractivity contribution < 1.29 is 9.90 Å². The highest BCUT2D eigenvalue weighted by Crippen LogP contribution is 2.13. The molecule has 0 aromatic carbocycles. The van der Waals surface area contributed by atoms with Crippen molar-refractivity contribution in [2.75, 3.05) is 6.73 Å². The molecule has 0 radical (unpaired) electrons. The van der Waals surface area contributed by atoms with Crippen LogP contribution in [0.1, 0.15) is 116 Å². The summed E-state index contributed by atoms with van der Waals surface area (Å²) in [5.74, 6) is -0.0298. The van der Waals surface area contributed by atoms with Crippen LogP contribution < -0.4 is 5.32 Å². The van der Waals surface area contributed by atoms with Gasteiger partial charge in [-0.2, -0.15) is 0 Å². The van der Waals surface area contributed by atoms with E-state index >= 15 is 0 Å². The SMILES string of the molecule is CCCCCCCCCCCCCCCCCCC(=O)NCO. The highest BCUT2D eigenvalue weighted by Gasteiger charge is 1.99. The second-order valence-electron chi connectivity index (χ2n) is 6.81. The standard InChI is InChI=1S/C20H41NO2/c1-2-3-4-5-6-7-8-9-10-11-12-13-14-15-16-17-18-20(23)21-19-22/h22H,2-19H2,1H3,(H,21,23). The van der Waals surface area contributed by atoms with Gasteiger partial charge in [0.1, 0.15) is 6.73 Å². The number of hydrogen-bond donors (Lipinski definition) is 2. The molecule has 0 aromatic heterocycles. The quantitative estimate of drug-likeness (QED) is 0.250. The van der Waals surface area contributed by atoms with E-state index < -0.39 is 0 Å². The van der Waals surface area contributed by atoms with Crippen molar-refractivity contribution in [2.45, 2.75) is 116 Å². The van der Waals surface area contributed by atoms with Crippen LogP contribution >= 0.6 is 0 Å². The van der Waals surface area contributed by atoms with E-state index in [1.165, 1.54) is 89.9 Å². The van der Waals surface area contributed by atoms with Crippen LogP contribution in [0, 0.1) is 0 Å². The Bertz CT molecular complexity index is 244. The molecule has 0 spiro atoms. The van der Waals surface area contributed by atoms with Crippen molar-refractivity contribution in [1.29, 1.82) is 0 Å². The summed E-state index contributed by atoms with van der Waals surface area (Å²) >= 11 is 0. The molecule has 0 aliphatic carbocycles. The molecule has 0 saturated carbocycles. The number of aliphatic hydroxyl groups excluding tert-OH is 1. The zero-order chi connectivity index (χ0) is 17.0. The number of hydrogen-bond acceptors (Lipinski definition) is 2. The van der Waals surface area contributed by atoms with Gasteiger partial charge in [-0.05, 0) is 6.42 Å².